The zero-order valence-corrected chi connectivity index (χ0v) is 10.9. The van der Waals surface area contributed by atoms with Crippen LogP contribution >= 0.6 is 11.6 Å². The molecular weight excluding hydrogens is 282 g/mol. The van der Waals surface area contributed by atoms with Gasteiger partial charge in [0.05, 0.1) is 17.7 Å². The van der Waals surface area contributed by atoms with Gasteiger partial charge in [-0.2, -0.15) is 5.26 Å². The molecule has 0 aliphatic carbocycles. The van der Waals surface area contributed by atoms with E-state index in [9.17, 15) is 14.9 Å². The highest BCUT2D eigenvalue weighted by Crippen LogP contribution is 2.17. The van der Waals surface area contributed by atoms with Crippen molar-refractivity contribution >= 4 is 17.3 Å². The summed E-state index contributed by atoms with van der Waals surface area (Å²) in [5.74, 6) is 0. The fourth-order valence-corrected chi connectivity index (χ4v) is 1.92. The predicted molar refractivity (Wildman–Crippen MR) is 72.6 cm³/mol. The maximum absolute atomic E-state index is 12.0. The molecule has 0 aliphatic heterocycles. The number of hydrogen-bond donors (Lipinski definition) is 0. The molecule has 1 heterocycles. The zero-order chi connectivity index (χ0) is 14.7. The largest absolute Gasteiger partial charge is 0.303 e. The Morgan fingerprint density at radius 3 is 2.70 bits per heavy atom. The molecule has 2 rings (SSSR count). The van der Waals surface area contributed by atoms with Gasteiger partial charge in [0, 0.05) is 11.1 Å². The molecule has 0 saturated carbocycles. The zero-order valence-electron chi connectivity index (χ0n) is 10.1. The van der Waals surface area contributed by atoms with Gasteiger partial charge in [-0.3, -0.25) is 14.9 Å². The highest BCUT2D eigenvalue weighted by molar-refractivity contribution is 6.31. The van der Waals surface area contributed by atoms with E-state index < -0.39 is 10.5 Å². The third-order valence-corrected chi connectivity index (χ3v) is 3.07. The topological polar surface area (TPSA) is 88.9 Å². The van der Waals surface area contributed by atoms with Gasteiger partial charge in [0.2, 0.25) is 0 Å². The lowest BCUT2D eigenvalue weighted by Crippen LogP contribution is -2.23. The van der Waals surface area contributed by atoms with Gasteiger partial charge in [-0.05, 0) is 11.6 Å². The lowest BCUT2D eigenvalue weighted by molar-refractivity contribution is -0.385. The Morgan fingerprint density at radius 1 is 1.40 bits per heavy atom. The van der Waals surface area contributed by atoms with E-state index in [1.165, 1.54) is 0 Å². The number of halogens is 1. The second kappa shape index (κ2) is 5.55. The van der Waals surface area contributed by atoms with Crippen LogP contribution in [0.15, 0.2) is 41.3 Å². The molecule has 100 valence electrons. The quantitative estimate of drug-likeness (QED) is 0.640. The van der Waals surface area contributed by atoms with Crippen molar-refractivity contribution in [2.24, 2.45) is 0 Å². The molecule has 6 nitrogen and oxygen atoms in total. The van der Waals surface area contributed by atoms with E-state index in [2.05, 4.69) is 0 Å². The first-order valence-electron chi connectivity index (χ1n) is 5.55. The van der Waals surface area contributed by atoms with E-state index >= 15 is 0 Å². The van der Waals surface area contributed by atoms with Crippen LogP contribution < -0.4 is 5.56 Å². The van der Waals surface area contributed by atoms with Crippen LogP contribution in [0.4, 0.5) is 5.69 Å². The van der Waals surface area contributed by atoms with Crippen molar-refractivity contribution in [2.75, 3.05) is 0 Å². The third kappa shape index (κ3) is 2.68. The molecule has 0 aliphatic rings. The summed E-state index contributed by atoms with van der Waals surface area (Å²) in [7, 11) is 0. The molecule has 0 fully saturated rings. The van der Waals surface area contributed by atoms with E-state index in [1.54, 1.807) is 30.3 Å². The van der Waals surface area contributed by atoms with Gasteiger partial charge in [0.15, 0.2) is 0 Å². The standard InChI is InChI=1S/C13H8ClN3O3/c14-12-4-2-1-3-9(12)7-16-8-11(17(19)20)5-10(6-15)13(16)18/h1-5,8H,7H2. The Hall–Kier alpha value is -2.65. The van der Waals surface area contributed by atoms with Crippen LogP contribution in [-0.4, -0.2) is 9.49 Å². The molecule has 0 radical (unpaired) electrons. The number of nitriles is 1. The highest BCUT2D eigenvalue weighted by Gasteiger charge is 2.14. The first kappa shape index (κ1) is 13.8. The number of nitro groups is 1. The summed E-state index contributed by atoms with van der Waals surface area (Å²) in [5.41, 5.74) is -0.530. The molecule has 0 spiro atoms. The molecule has 0 N–H and O–H groups in total. The van der Waals surface area contributed by atoms with Crippen molar-refractivity contribution in [3.63, 3.8) is 0 Å². The Labute approximate surface area is 118 Å². The van der Waals surface area contributed by atoms with Crippen LogP contribution in [0.5, 0.6) is 0 Å². The van der Waals surface area contributed by atoms with Crippen LogP contribution in [0.2, 0.25) is 5.02 Å². The third-order valence-electron chi connectivity index (χ3n) is 2.70. The second-order valence-electron chi connectivity index (χ2n) is 4.01. The molecule has 1 aromatic heterocycles. The minimum atomic E-state index is -0.649. The molecule has 0 unspecified atom stereocenters. The summed E-state index contributed by atoms with van der Waals surface area (Å²) in [6.45, 7) is 0.0644. The maximum atomic E-state index is 12.0. The van der Waals surface area contributed by atoms with E-state index in [1.807, 2.05) is 0 Å². The predicted octanol–water partition coefficient (Wildman–Crippen LogP) is 2.33. The van der Waals surface area contributed by atoms with Crippen molar-refractivity contribution in [1.82, 2.24) is 4.57 Å². The lowest BCUT2D eigenvalue weighted by Gasteiger charge is -2.07. The number of benzene rings is 1. The molecule has 20 heavy (non-hydrogen) atoms. The average Bonchev–Trinajstić information content (AvgIpc) is 2.43. The van der Waals surface area contributed by atoms with E-state index in [-0.39, 0.29) is 17.8 Å². The van der Waals surface area contributed by atoms with Crippen LogP contribution in [0.1, 0.15) is 11.1 Å². The summed E-state index contributed by atoms with van der Waals surface area (Å²) in [6, 6.07) is 9.47. The number of hydrogen-bond acceptors (Lipinski definition) is 4. The number of aromatic nitrogens is 1. The SMILES string of the molecule is N#Cc1cc([N+](=O)[O-])cn(Cc2ccccc2Cl)c1=O. The normalized spacial score (nSPS) is 10.0. The summed E-state index contributed by atoms with van der Waals surface area (Å²) in [6.07, 6.45) is 1.10. The van der Waals surface area contributed by atoms with Gasteiger partial charge in [-0.1, -0.05) is 29.8 Å². The van der Waals surface area contributed by atoms with Gasteiger partial charge >= 0.3 is 0 Å². The van der Waals surface area contributed by atoms with Crippen molar-refractivity contribution in [3.05, 3.63) is 73.1 Å². The summed E-state index contributed by atoms with van der Waals surface area (Å²) < 4.78 is 1.11. The Balaban J connectivity index is 2.55. The van der Waals surface area contributed by atoms with Crippen LogP contribution in [-0.2, 0) is 6.54 Å². The van der Waals surface area contributed by atoms with E-state index in [0.717, 1.165) is 16.8 Å². The number of rotatable bonds is 3. The van der Waals surface area contributed by atoms with Gasteiger partial charge in [-0.25, -0.2) is 0 Å². The van der Waals surface area contributed by atoms with Crippen molar-refractivity contribution < 1.29 is 4.92 Å². The molecule has 1 aromatic carbocycles. The molecular formula is C13H8ClN3O3. The maximum Gasteiger partial charge on any atom is 0.287 e. The van der Waals surface area contributed by atoms with Crippen molar-refractivity contribution in [2.45, 2.75) is 6.54 Å². The second-order valence-corrected chi connectivity index (χ2v) is 4.41. The van der Waals surface area contributed by atoms with Gasteiger partial charge in [-0.15, -0.1) is 0 Å². The van der Waals surface area contributed by atoms with Crippen LogP contribution in [0.3, 0.4) is 0 Å². The summed E-state index contributed by atoms with van der Waals surface area (Å²) in [4.78, 5) is 22.1. The molecule has 0 saturated heterocycles. The Morgan fingerprint density at radius 2 is 2.10 bits per heavy atom. The fraction of sp³-hybridized carbons (Fsp3) is 0.0769. The summed E-state index contributed by atoms with van der Waals surface area (Å²) >= 11 is 5.99. The smallest absolute Gasteiger partial charge is 0.287 e. The van der Waals surface area contributed by atoms with Crippen molar-refractivity contribution in [1.29, 1.82) is 5.26 Å². The molecule has 7 heteroatoms. The fourth-order valence-electron chi connectivity index (χ4n) is 1.73. The van der Waals surface area contributed by atoms with Gasteiger partial charge < -0.3 is 4.57 Å². The molecule has 0 amide bonds. The first-order valence-corrected chi connectivity index (χ1v) is 5.93. The van der Waals surface area contributed by atoms with Crippen molar-refractivity contribution in [3.8, 4) is 6.07 Å². The first-order chi connectivity index (χ1) is 9.52. The molecule has 2 aromatic rings. The number of pyridine rings is 1. The number of nitrogens with zero attached hydrogens (tertiary/aromatic N) is 3. The minimum absolute atomic E-state index is 0.0644. The summed E-state index contributed by atoms with van der Waals surface area (Å²) in [5, 5.41) is 20.1. The average molecular weight is 290 g/mol. The Bertz CT molecular complexity index is 777. The minimum Gasteiger partial charge on any atom is -0.303 e. The van der Waals surface area contributed by atoms with Gasteiger partial charge in [0.1, 0.15) is 11.6 Å². The van der Waals surface area contributed by atoms with E-state index in [0.29, 0.717) is 10.6 Å². The highest BCUT2D eigenvalue weighted by atomic mass is 35.5. The molecule has 0 bridgehead atoms. The monoisotopic (exact) mass is 289 g/mol. The Kier molecular flexibility index (Phi) is 3.82. The lowest BCUT2D eigenvalue weighted by atomic mass is 10.2. The molecule has 0 atom stereocenters. The van der Waals surface area contributed by atoms with Crippen LogP contribution in [0.25, 0.3) is 0 Å². The van der Waals surface area contributed by atoms with Gasteiger partial charge in [0.25, 0.3) is 11.2 Å². The van der Waals surface area contributed by atoms with Crippen LogP contribution in [0, 0.1) is 21.4 Å². The van der Waals surface area contributed by atoms with E-state index in [4.69, 9.17) is 16.9 Å².